The average molecular weight is 269 g/mol. The molecule has 1 aromatic rings. The lowest BCUT2D eigenvalue weighted by Crippen LogP contribution is -2.25. The first kappa shape index (κ1) is 14.4. The van der Waals surface area contributed by atoms with E-state index in [0.29, 0.717) is 18.5 Å². The molecular weight excluding hydrogens is 254 g/mol. The van der Waals surface area contributed by atoms with Crippen LogP contribution in [0.4, 0.5) is 0 Å². The highest BCUT2D eigenvalue weighted by atomic mass is 32.2. The summed E-state index contributed by atoms with van der Waals surface area (Å²) in [6, 6.07) is 5.76. The van der Waals surface area contributed by atoms with E-state index in [0.717, 1.165) is 0 Å². The molecule has 1 aromatic carbocycles. The fourth-order valence-corrected chi connectivity index (χ4v) is 2.49. The van der Waals surface area contributed by atoms with Crippen molar-refractivity contribution in [2.75, 3.05) is 6.54 Å². The zero-order chi connectivity index (χ0) is 13.6. The Kier molecular flexibility index (Phi) is 5.06. The highest BCUT2D eigenvalue weighted by Gasteiger charge is 2.11. The second kappa shape index (κ2) is 6.32. The molecule has 0 bridgehead atoms. The van der Waals surface area contributed by atoms with E-state index in [1.807, 2.05) is 0 Å². The number of hydrogen-bond donors (Lipinski definition) is 2. The summed E-state index contributed by atoms with van der Waals surface area (Å²) in [6.07, 6.45) is 2.20. The Hall–Kier alpha value is -1.66. The molecule has 98 valence electrons. The number of rotatable bonds is 7. The van der Waals surface area contributed by atoms with Gasteiger partial charge < -0.3 is 5.11 Å². The molecule has 0 saturated heterocycles. The van der Waals surface area contributed by atoms with Gasteiger partial charge in [0.1, 0.15) is 0 Å². The lowest BCUT2D eigenvalue weighted by atomic mass is 10.1. The van der Waals surface area contributed by atoms with Crippen LogP contribution in [-0.4, -0.2) is 26.0 Å². The normalized spacial score (nSPS) is 11.1. The minimum Gasteiger partial charge on any atom is -0.478 e. The minimum absolute atomic E-state index is 0.135. The van der Waals surface area contributed by atoms with Gasteiger partial charge in [0.2, 0.25) is 10.0 Å². The summed E-state index contributed by atoms with van der Waals surface area (Å²) in [5.41, 5.74) is 0.682. The first-order valence-electron chi connectivity index (χ1n) is 5.35. The number of benzene rings is 1. The van der Waals surface area contributed by atoms with Crippen molar-refractivity contribution >= 4 is 16.0 Å². The number of carboxylic acid groups (broad SMARTS) is 1. The summed E-state index contributed by atoms with van der Waals surface area (Å²) in [5, 5.41) is 8.71. The van der Waals surface area contributed by atoms with E-state index in [4.69, 9.17) is 5.11 Å². The monoisotopic (exact) mass is 269 g/mol. The number of aromatic carboxylic acids is 1. The predicted octanol–water partition coefficient (Wildman–Crippen LogP) is 1.38. The lowest BCUT2D eigenvalue weighted by molar-refractivity contribution is 0.0697. The van der Waals surface area contributed by atoms with Gasteiger partial charge in [-0.05, 0) is 24.1 Å². The lowest BCUT2D eigenvalue weighted by Gasteiger charge is -2.05. The van der Waals surface area contributed by atoms with Gasteiger partial charge in [-0.1, -0.05) is 18.2 Å². The van der Waals surface area contributed by atoms with Crippen LogP contribution in [0.15, 0.2) is 36.9 Å². The van der Waals surface area contributed by atoms with E-state index in [9.17, 15) is 13.2 Å². The molecule has 0 spiro atoms. The van der Waals surface area contributed by atoms with Gasteiger partial charge in [0.25, 0.3) is 0 Å². The summed E-state index contributed by atoms with van der Waals surface area (Å²) < 4.78 is 25.7. The van der Waals surface area contributed by atoms with Gasteiger partial charge in [0.15, 0.2) is 0 Å². The Morgan fingerprint density at radius 1 is 1.33 bits per heavy atom. The van der Waals surface area contributed by atoms with E-state index in [1.54, 1.807) is 6.08 Å². The molecule has 6 heteroatoms. The van der Waals surface area contributed by atoms with Crippen LogP contribution in [-0.2, 0) is 15.8 Å². The molecule has 0 unspecified atom stereocenters. The minimum atomic E-state index is -3.39. The second-order valence-corrected chi connectivity index (χ2v) is 5.54. The molecule has 0 aliphatic carbocycles. The molecule has 0 radical (unpaired) electrons. The Bertz CT molecular complexity index is 520. The molecule has 5 nitrogen and oxygen atoms in total. The van der Waals surface area contributed by atoms with E-state index < -0.39 is 16.0 Å². The summed E-state index contributed by atoms with van der Waals surface area (Å²) in [6.45, 7) is 3.82. The quantitative estimate of drug-likeness (QED) is 0.578. The third-order valence-corrected chi connectivity index (χ3v) is 3.59. The molecule has 0 heterocycles. The van der Waals surface area contributed by atoms with Crippen molar-refractivity contribution in [2.45, 2.75) is 12.2 Å². The zero-order valence-electron chi connectivity index (χ0n) is 9.80. The highest BCUT2D eigenvalue weighted by Crippen LogP contribution is 2.07. The van der Waals surface area contributed by atoms with E-state index in [-0.39, 0.29) is 11.3 Å². The Morgan fingerprint density at radius 2 is 1.94 bits per heavy atom. The molecule has 1 rings (SSSR count). The largest absolute Gasteiger partial charge is 0.478 e. The maximum Gasteiger partial charge on any atom is 0.335 e. The van der Waals surface area contributed by atoms with Crippen LogP contribution in [0.5, 0.6) is 0 Å². The zero-order valence-corrected chi connectivity index (χ0v) is 10.6. The van der Waals surface area contributed by atoms with Gasteiger partial charge in [0, 0.05) is 6.54 Å². The van der Waals surface area contributed by atoms with Gasteiger partial charge >= 0.3 is 5.97 Å². The third-order valence-electron chi connectivity index (χ3n) is 2.23. The Balaban J connectivity index is 2.66. The molecule has 0 aromatic heterocycles. The van der Waals surface area contributed by atoms with Crippen LogP contribution in [0.3, 0.4) is 0 Å². The highest BCUT2D eigenvalue weighted by molar-refractivity contribution is 7.88. The van der Waals surface area contributed by atoms with Gasteiger partial charge in [-0.25, -0.2) is 17.9 Å². The average Bonchev–Trinajstić information content (AvgIpc) is 2.29. The molecule has 18 heavy (non-hydrogen) atoms. The molecule has 0 saturated carbocycles. The maximum absolute atomic E-state index is 11.6. The summed E-state index contributed by atoms with van der Waals surface area (Å²) >= 11 is 0. The van der Waals surface area contributed by atoms with Crippen LogP contribution in [0.25, 0.3) is 0 Å². The van der Waals surface area contributed by atoms with Crippen molar-refractivity contribution in [3.8, 4) is 0 Å². The standard InChI is InChI=1S/C12H15NO4S/c1-2-3-8-13-18(16,17)9-10-4-6-11(7-5-10)12(14)15/h2,4-7,13H,1,3,8-9H2,(H,14,15). The van der Waals surface area contributed by atoms with Gasteiger partial charge in [-0.3, -0.25) is 0 Å². The fraction of sp³-hybridized carbons (Fsp3) is 0.250. The van der Waals surface area contributed by atoms with Crippen molar-refractivity contribution in [1.29, 1.82) is 0 Å². The second-order valence-electron chi connectivity index (χ2n) is 3.73. The van der Waals surface area contributed by atoms with Crippen molar-refractivity contribution < 1.29 is 18.3 Å². The number of nitrogens with one attached hydrogen (secondary N) is 1. The molecule has 2 N–H and O–H groups in total. The first-order valence-corrected chi connectivity index (χ1v) is 7.00. The van der Waals surface area contributed by atoms with Crippen molar-refractivity contribution in [3.63, 3.8) is 0 Å². The van der Waals surface area contributed by atoms with Crippen LogP contribution in [0.1, 0.15) is 22.3 Å². The van der Waals surface area contributed by atoms with Crippen LogP contribution in [0, 0.1) is 0 Å². The molecule has 0 atom stereocenters. The number of carbonyl (C=O) groups is 1. The van der Waals surface area contributed by atoms with E-state index >= 15 is 0 Å². The third kappa shape index (κ3) is 4.68. The summed E-state index contributed by atoms with van der Waals surface area (Å²) in [5.74, 6) is -1.20. The van der Waals surface area contributed by atoms with E-state index in [1.165, 1.54) is 24.3 Å². The van der Waals surface area contributed by atoms with Crippen LogP contribution >= 0.6 is 0 Å². The number of sulfonamides is 1. The van der Waals surface area contributed by atoms with Gasteiger partial charge in [-0.2, -0.15) is 0 Å². The smallest absolute Gasteiger partial charge is 0.335 e. The Morgan fingerprint density at radius 3 is 2.44 bits per heavy atom. The van der Waals surface area contributed by atoms with Crippen LogP contribution < -0.4 is 4.72 Å². The molecule has 0 aliphatic rings. The topological polar surface area (TPSA) is 83.5 Å². The van der Waals surface area contributed by atoms with Crippen LogP contribution in [0.2, 0.25) is 0 Å². The van der Waals surface area contributed by atoms with Gasteiger partial charge in [-0.15, -0.1) is 6.58 Å². The predicted molar refractivity (Wildman–Crippen MR) is 68.8 cm³/mol. The molecular formula is C12H15NO4S. The fourth-order valence-electron chi connectivity index (χ4n) is 1.33. The molecule has 0 aliphatic heterocycles. The van der Waals surface area contributed by atoms with Crippen molar-refractivity contribution in [2.24, 2.45) is 0 Å². The van der Waals surface area contributed by atoms with Gasteiger partial charge in [0.05, 0.1) is 11.3 Å². The number of carboxylic acids is 1. The van der Waals surface area contributed by atoms with Crippen molar-refractivity contribution in [3.05, 3.63) is 48.0 Å². The van der Waals surface area contributed by atoms with Crippen molar-refractivity contribution in [1.82, 2.24) is 4.72 Å². The molecule has 0 amide bonds. The van der Waals surface area contributed by atoms with E-state index in [2.05, 4.69) is 11.3 Å². The Labute approximate surface area is 106 Å². The SMILES string of the molecule is C=CCCNS(=O)(=O)Cc1ccc(C(=O)O)cc1. The summed E-state index contributed by atoms with van der Waals surface area (Å²) in [4.78, 5) is 10.6. The molecule has 0 fully saturated rings. The first-order chi connectivity index (χ1) is 8.44. The maximum atomic E-state index is 11.6. The number of hydrogen-bond acceptors (Lipinski definition) is 3. The summed E-state index contributed by atoms with van der Waals surface area (Å²) in [7, 11) is -3.39.